The van der Waals surface area contributed by atoms with Gasteiger partial charge in [0.05, 0.1) is 17.4 Å². The highest BCUT2D eigenvalue weighted by atomic mass is 19.2. The first-order valence-electron chi connectivity index (χ1n) is 8.13. The largest absolute Gasteiger partial charge is 0.477 e. The number of hydrogen-bond donors (Lipinski definition) is 1. The number of fused-ring (bicyclic) bond motifs is 1. The van der Waals surface area contributed by atoms with Gasteiger partial charge in [-0.15, -0.1) is 0 Å². The fourth-order valence-electron chi connectivity index (χ4n) is 2.99. The second kappa shape index (κ2) is 6.69. The zero-order valence-corrected chi connectivity index (χ0v) is 14.2. The number of carbonyl (C=O) groups is 1. The molecule has 0 aliphatic rings. The van der Waals surface area contributed by atoms with Gasteiger partial charge in [0.2, 0.25) is 5.43 Å². The monoisotopic (exact) mass is 382 g/mol. The Morgan fingerprint density at radius 1 is 1.14 bits per heavy atom. The molecule has 0 unspecified atom stereocenters. The molecule has 2 heterocycles. The zero-order chi connectivity index (χ0) is 19.8. The molecular weight excluding hydrogens is 370 g/mol. The van der Waals surface area contributed by atoms with Gasteiger partial charge in [0.15, 0.2) is 11.6 Å². The maximum atomic E-state index is 13.8. The molecule has 0 spiro atoms. The first kappa shape index (κ1) is 17.5. The molecule has 0 bridgehead atoms. The van der Waals surface area contributed by atoms with Crippen LogP contribution in [0.4, 0.5) is 8.78 Å². The second-order valence-electron chi connectivity index (χ2n) is 6.09. The molecule has 140 valence electrons. The summed E-state index contributed by atoms with van der Waals surface area (Å²) in [6, 6.07) is 8.55. The highest BCUT2D eigenvalue weighted by Gasteiger charge is 2.18. The lowest BCUT2D eigenvalue weighted by atomic mass is 10.1. The predicted octanol–water partition coefficient (Wildman–Crippen LogP) is 2.61. The van der Waals surface area contributed by atoms with E-state index < -0.39 is 28.6 Å². The fourth-order valence-corrected chi connectivity index (χ4v) is 2.99. The SMILES string of the molecule is O=C(O)c1cn(-c2cccc(Cn3cncn3)c2)c2cc(F)c(F)cc2c1=O. The van der Waals surface area contributed by atoms with Crippen LogP contribution in [-0.2, 0) is 6.54 Å². The van der Waals surface area contributed by atoms with E-state index >= 15 is 0 Å². The van der Waals surface area contributed by atoms with Crippen LogP contribution in [0.15, 0.2) is 60.0 Å². The first-order chi connectivity index (χ1) is 13.4. The molecule has 4 rings (SSSR count). The molecule has 0 fully saturated rings. The number of aromatic carboxylic acids is 1. The molecule has 9 heteroatoms. The van der Waals surface area contributed by atoms with Gasteiger partial charge in [0.25, 0.3) is 0 Å². The summed E-state index contributed by atoms with van der Waals surface area (Å²) in [4.78, 5) is 27.7. The van der Waals surface area contributed by atoms with Gasteiger partial charge in [-0.05, 0) is 23.8 Å². The molecule has 0 saturated heterocycles. The number of benzene rings is 2. The molecule has 2 aromatic carbocycles. The summed E-state index contributed by atoms with van der Waals surface area (Å²) >= 11 is 0. The predicted molar refractivity (Wildman–Crippen MR) is 95.5 cm³/mol. The van der Waals surface area contributed by atoms with Gasteiger partial charge in [-0.3, -0.25) is 4.79 Å². The molecule has 2 aromatic heterocycles. The van der Waals surface area contributed by atoms with E-state index in [0.29, 0.717) is 12.2 Å². The Morgan fingerprint density at radius 2 is 1.93 bits per heavy atom. The Bertz CT molecular complexity index is 1270. The van der Waals surface area contributed by atoms with Crippen molar-refractivity contribution in [1.82, 2.24) is 19.3 Å². The average Bonchev–Trinajstić information content (AvgIpc) is 3.16. The molecule has 0 aliphatic heterocycles. The van der Waals surface area contributed by atoms with Crippen molar-refractivity contribution < 1.29 is 18.7 Å². The third-order valence-electron chi connectivity index (χ3n) is 4.28. The number of pyridine rings is 1. The highest BCUT2D eigenvalue weighted by Crippen LogP contribution is 2.22. The van der Waals surface area contributed by atoms with Gasteiger partial charge in [0.1, 0.15) is 18.2 Å². The van der Waals surface area contributed by atoms with Gasteiger partial charge >= 0.3 is 5.97 Å². The number of carboxylic acids is 1. The minimum atomic E-state index is -1.45. The molecule has 1 N–H and O–H groups in total. The summed E-state index contributed by atoms with van der Waals surface area (Å²) < 4.78 is 30.5. The van der Waals surface area contributed by atoms with E-state index in [-0.39, 0.29) is 10.9 Å². The maximum Gasteiger partial charge on any atom is 0.341 e. The van der Waals surface area contributed by atoms with Crippen molar-refractivity contribution in [3.05, 3.63) is 88.2 Å². The first-order valence-corrected chi connectivity index (χ1v) is 8.13. The van der Waals surface area contributed by atoms with Crippen LogP contribution in [0.2, 0.25) is 0 Å². The molecular formula is C19H12F2N4O3. The number of halogens is 2. The van der Waals surface area contributed by atoms with Crippen molar-refractivity contribution in [3.8, 4) is 5.69 Å². The van der Waals surface area contributed by atoms with E-state index in [4.69, 9.17) is 0 Å². The number of rotatable bonds is 4. The summed E-state index contributed by atoms with van der Waals surface area (Å²) in [6.45, 7) is 0.404. The Hall–Kier alpha value is -3.88. The normalized spacial score (nSPS) is 11.1. The topological polar surface area (TPSA) is 90.0 Å². The molecule has 0 atom stereocenters. The lowest BCUT2D eigenvalue weighted by molar-refractivity contribution is 0.0695. The van der Waals surface area contributed by atoms with Gasteiger partial charge in [0, 0.05) is 18.0 Å². The number of carboxylic acid groups (broad SMARTS) is 1. The van der Waals surface area contributed by atoms with E-state index in [1.54, 1.807) is 29.2 Å². The minimum absolute atomic E-state index is 0.0619. The van der Waals surface area contributed by atoms with Crippen molar-refractivity contribution in [2.45, 2.75) is 6.54 Å². The van der Waals surface area contributed by atoms with Crippen molar-refractivity contribution in [1.29, 1.82) is 0 Å². The van der Waals surface area contributed by atoms with Crippen LogP contribution >= 0.6 is 0 Å². The zero-order valence-electron chi connectivity index (χ0n) is 14.2. The molecule has 7 nitrogen and oxygen atoms in total. The van der Waals surface area contributed by atoms with Crippen LogP contribution in [0.3, 0.4) is 0 Å². The van der Waals surface area contributed by atoms with E-state index in [2.05, 4.69) is 10.1 Å². The van der Waals surface area contributed by atoms with E-state index in [1.807, 2.05) is 6.07 Å². The molecule has 0 saturated carbocycles. The van der Waals surface area contributed by atoms with Crippen LogP contribution in [0, 0.1) is 11.6 Å². The quantitative estimate of drug-likeness (QED) is 0.586. The minimum Gasteiger partial charge on any atom is -0.477 e. The summed E-state index contributed by atoms with van der Waals surface area (Å²) in [7, 11) is 0. The average molecular weight is 382 g/mol. The Kier molecular flexibility index (Phi) is 4.19. The van der Waals surface area contributed by atoms with Gasteiger partial charge < -0.3 is 9.67 Å². The number of aromatic nitrogens is 4. The summed E-state index contributed by atoms with van der Waals surface area (Å²) in [5, 5.41) is 13.1. The Morgan fingerprint density at radius 3 is 2.64 bits per heavy atom. The Labute approximate surface area is 156 Å². The van der Waals surface area contributed by atoms with Crippen molar-refractivity contribution >= 4 is 16.9 Å². The summed E-state index contributed by atoms with van der Waals surface area (Å²) in [6.07, 6.45) is 4.05. The lowest BCUT2D eigenvalue weighted by Gasteiger charge is -2.14. The highest BCUT2D eigenvalue weighted by molar-refractivity contribution is 5.93. The molecule has 0 radical (unpaired) electrons. The van der Waals surface area contributed by atoms with Crippen molar-refractivity contribution in [2.75, 3.05) is 0 Å². The van der Waals surface area contributed by atoms with Gasteiger partial charge in [-0.2, -0.15) is 5.10 Å². The fraction of sp³-hybridized carbons (Fsp3) is 0.0526. The van der Waals surface area contributed by atoms with Gasteiger partial charge in [-0.25, -0.2) is 23.2 Å². The third-order valence-corrected chi connectivity index (χ3v) is 4.28. The molecule has 28 heavy (non-hydrogen) atoms. The van der Waals surface area contributed by atoms with Crippen LogP contribution in [-0.4, -0.2) is 30.4 Å². The smallest absolute Gasteiger partial charge is 0.341 e. The molecule has 4 aromatic rings. The van der Waals surface area contributed by atoms with Crippen LogP contribution in [0.25, 0.3) is 16.6 Å². The van der Waals surface area contributed by atoms with E-state index in [1.165, 1.54) is 10.9 Å². The van der Waals surface area contributed by atoms with Crippen molar-refractivity contribution in [2.24, 2.45) is 0 Å². The summed E-state index contributed by atoms with van der Waals surface area (Å²) in [5.41, 5.74) is -0.0613. The summed E-state index contributed by atoms with van der Waals surface area (Å²) in [5.74, 6) is -3.81. The number of hydrogen-bond acceptors (Lipinski definition) is 4. The van der Waals surface area contributed by atoms with Crippen molar-refractivity contribution in [3.63, 3.8) is 0 Å². The second-order valence-corrected chi connectivity index (χ2v) is 6.09. The van der Waals surface area contributed by atoms with Gasteiger partial charge in [-0.1, -0.05) is 12.1 Å². The van der Waals surface area contributed by atoms with E-state index in [9.17, 15) is 23.5 Å². The standard InChI is InChI=1S/C19H12F2N4O3/c20-15-5-13-17(6-16(15)21)25(8-14(18(13)26)19(27)28)12-3-1-2-11(4-12)7-24-10-22-9-23-24/h1-6,8-10H,7H2,(H,27,28). The van der Waals surface area contributed by atoms with Crippen LogP contribution in [0.1, 0.15) is 15.9 Å². The molecule has 0 aliphatic carbocycles. The van der Waals surface area contributed by atoms with Crippen LogP contribution in [0.5, 0.6) is 0 Å². The molecule has 0 amide bonds. The Balaban J connectivity index is 1.95. The number of nitrogens with zero attached hydrogens (tertiary/aromatic N) is 4. The maximum absolute atomic E-state index is 13.8. The lowest BCUT2D eigenvalue weighted by Crippen LogP contribution is -2.19. The third kappa shape index (κ3) is 3.02. The van der Waals surface area contributed by atoms with E-state index in [0.717, 1.165) is 23.9 Å². The van der Waals surface area contributed by atoms with Crippen LogP contribution < -0.4 is 5.43 Å².